The summed E-state index contributed by atoms with van der Waals surface area (Å²) < 4.78 is 41.6. The van der Waals surface area contributed by atoms with Crippen molar-refractivity contribution in [2.45, 2.75) is 6.18 Å². The molecule has 2 amide bonds. The van der Waals surface area contributed by atoms with Crippen LogP contribution in [0.1, 0.15) is 26.3 Å². The molecule has 2 aromatic heterocycles. The van der Waals surface area contributed by atoms with Gasteiger partial charge in [-0.3, -0.25) is 24.3 Å². The van der Waals surface area contributed by atoms with E-state index < -0.39 is 34.9 Å². The fourth-order valence-electron chi connectivity index (χ4n) is 2.93. The number of fused-ring (bicyclic) bond motifs is 1. The maximum absolute atomic E-state index is 13.2. The molecule has 3 N–H and O–H groups in total. The van der Waals surface area contributed by atoms with Crippen molar-refractivity contribution in [1.82, 2.24) is 24.6 Å². The van der Waals surface area contributed by atoms with Gasteiger partial charge in [-0.05, 0) is 18.2 Å². The van der Waals surface area contributed by atoms with Gasteiger partial charge in [0.1, 0.15) is 18.5 Å². The first kappa shape index (κ1) is 17.5. The van der Waals surface area contributed by atoms with Crippen LogP contribution in [0.2, 0.25) is 0 Å². The standard InChI is InChI=1S/C16H9F3N6O3/c17-16(18,19)7-1-2-9(24-6-21-5-22-24)10(3-7)25-11(26)4-8-12(13(25)20)15(28)23-14(8)27/h1-6H,20H2,(H,23,27,28). The topological polar surface area (TPSA) is 125 Å². The fraction of sp³-hybridized carbons (Fsp3) is 0.0625. The monoisotopic (exact) mass is 390 g/mol. The molecule has 3 aromatic rings. The smallest absolute Gasteiger partial charge is 0.384 e. The number of carbonyl (C=O) groups is 2. The van der Waals surface area contributed by atoms with Gasteiger partial charge in [0.25, 0.3) is 17.4 Å². The van der Waals surface area contributed by atoms with Crippen LogP contribution in [-0.4, -0.2) is 31.1 Å². The van der Waals surface area contributed by atoms with E-state index in [-0.39, 0.29) is 22.5 Å². The molecular weight excluding hydrogens is 381 g/mol. The molecule has 1 aromatic carbocycles. The van der Waals surface area contributed by atoms with E-state index in [1.54, 1.807) is 0 Å². The van der Waals surface area contributed by atoms with Crippen LogP contribution in [-0.2, 0) is 6.18 Å². The normalized spacial score (nSPS) is 13.5. The van der Waals surface area contributed by atoms with Crippen LogP contribution >= 0.6 is 0 Å². The third kappa shape index (κ3) is 2.53. The molecule has 0 spiro atoms. The van der Waals surface area contributed by atoms with Crippen LogP contribution in [0, 0.1) is 0 Å². The van der Waals surface area contributed by atoms with Gasteiger partial charge in [-0.1, -0.05) is 0 Å². The lowest BCUT2D eigenvalue weighted by Crippen LogP contribution is -2.25. The number of alkyl halides is 3. The molecule has 0 bridgehead atoms. The third-order valence-electron chi connectivity index (χ3n) is 4.16. The van der Waals surface area contributed by atoms with Crippen molar-refractivity contribution < 1.29 is 22.8 Å². The van der Waals surface area contributed by atoms with Crippen molar-refractivity contribution in [2.24, 2.45) is 0 Å². The molecule has 0 aliphatic carbocycles. The van der Waals surface area contributed by atoms with Gasteiger partial charge in [-0.2, -0.15) is 18.3 Å². The number of pyridine rings is 1. The van der Waals surface area contributed by atoms with E-state index in [0.717, 1.165) is 33.8 Å². The lowest BCUT2D eigenvalue weighted by Gasteiger charge is -2.17. The summed E-state index contributed by atoms with van der Waals surface area (Å²) in [7, 11) is 0. The number of anilines is 1. The minimum Gasteiger partial charge on any atom is -0.384 e. The number of benzene rings is 1. The van der Waals surface area contributed by atoms with Gasteiger partial charge in [0.15, 0.2) is 0 Å². The number of hydrogen-bond acceptors (Lipinski definition) is 6. The molecule has 0 atom stereocenters. The quantitative estimate of drug-likeness (QED) is 0.627. The summed E-state index contributed by atoms with van der Waals surface area (Å²) in [5.74, 6) is -2.12. The first-order chi connectivity index (χ1) is 13.2. The first-order valence-corrected chi connectivity index (χ1v) is 7.66. The second kappa shape index (κ2) is 5.77. The van der Waals surface area contributed by atoms with Gasteiger partial charge in [-0.15, -0.1) is 0 Å². The van der Waals surface area contributed by atoms with Gasteiger partial charge in [0.2, 0.25) is 0 Å². The lowest BCUT2D eigenvalue weighted by atomic mass is 10.1. The Kier molecular flexibility index (Phi) is 3.60. The molecule has 9 nitrogen and oxygen atoms in total. The van der Waals surface area contributed by atoms with Gasteiger partial charge in [0.05, 0.1) is 28.1 Å². The van der Waals surface area contributed by atoms with E-state index in [2.05, 4.69) is 10.1 Å². The number of aromatic nitrogens is 4. The van der Waals surface area contributed by atoms with Crippen molar-refractivity contribution in [3.63, 3.8) is 0 Å². The number of nitrogens with one attached hydrogen (secondary N) is 1. The summed E-state index contributed by atoms with van der Waals surface area (Å²) >= 11 is 0. The Bertz CT molecular complexity index is 1200. The predicted molar refractivity (Wildman–Crippen MR) is 88.2 cm³/mol. The summed E-state index contributed by atoms with van der Waals surface area (Å²) in [5.41, 5.74) is 3.25. The van der Waals surface area contributed by atoms with E-state index in [1.165, 1.54) is 6.33 Å². The van der Waals surface area contributed by atoms with Crippen LogP contribution in [0.5, 0.6) is 0 Å². The summed E-state index contributed by atoms with van der Waals surface area (Å²) in [6, 6.07) is 3.45. The largest absolute Gasteiger partial charge is 0.416 e. The molecule has 4 rings (SSSR count). The number of carbonyl (C=O) groups excluding carboxylic acids is 2. The van der Waals surface area contributed by atoms with Crippen LogP contribution in [0.4, 0.5) is 19.0 Å². The highest BCUT2D eigenvalue weighted by atomic mass is 19.4. The van der Waals surface area contributed by atoms with Crippen LogP contribution in [0.15, 0.2) is 41.7 Å². The molecule has 0 radical (unpaired) electrons. The second-order valence-electron chi connectivity index (χ2n) is 5.82. The number of nitrogens with zero attached hydrogens (tertiary/aromatic N) is 4. The predicted octanol–water partition coefficient (Wildman–Crippen LogP) is 0.903. The Morgan fingerprint density at radius 2 is 1.79 bits per heavy atom. The highest BCUT2D eigenvalue weighted by Crippen LogP contribution is 2.33. The molecule has 3 heterocycles. The number of nitrogens with two attached hydrogens (primary N) is 1. The Morgan fingerprint density at radius 1 is 1.04 bits per heavy atom. The van der Waals surface area contributed by atoms with Gasteiger partial charge >= 0.3 is 6.18 Å². The van der Waals surface area contributed by atoms with Gasteiger partial charge in [-0.25, -0.2) is 9.67 Å². The molecule has 1 aliphatic rings. The lowest BCUT2D eigenvalue weighted by molar-refractivity contribution is -0.137. The third-order valence-corrected chi connectivity index (χ3v) is 4.16. The molecule has 1 aliphatic heterocycles. The van der Waals surface area contributed by atoms with Crippen molar-refractivity contribution in [3.8, 4) is 11.4 Å². The Balaban J connectivity index is 2.07. The van der Waals surface area contributed by atoms with Crippen molar-refractivity contribution in [1.29, 1.82) is 0 Å². The number of halogens is 3. The summed E-state index contributed by atoms with van der Waals surface area (Å²) in [6.45, 7) is 0. The van der Waals surface area contributed by atoms with E-state index in [9.17, 15) is 27.6 Å². The minimum absolute atomic E-state index is 0.0592. The molecule has 142 valence electrons. The SMILES string of the molecule is Nc1c2c(cc(=O)n1-c1cc(C(F)(F)F)ccc1-n1cncn1)C(=O)NC2=O. The number of imide groups is 1. The highest BCUT2D eigenvalue weighted by Gasteiger charge is 2.34. The van der Waals surface area contributed by atoms with E-state index >= 15 is 0 Å². The van der Waals surface area contributed by atoms with Crippen molar-refractivity contribution in [2.75, 3.05) is 5.73 Å². The van der Waals surface area contributed by atoms with Crippen LogP contribution < -0.4 is 16.6 Å². The molecule has 12 heteroatoms. The minimum atomic E-state index is -4.70. The zero-order valence-electron chi connectivity index (χ0n) is 13.7. The highest BCUT2D eigenvalue weighted by molar-refractivity contribution is 6.23. The summed E-state index contributed by atoms with van der Waals surface area (Å²) in [5, 5.41) is 5.85. The summed E-state index contributed by atoms with van der Waals surface area (Å²) in [4.78, 5) is 40.1. The number of rotatable bonds is 2. The molecule has 0 unspecified atom stereocenters. The number of amides is 2. The molecule has 0 saturated carbocycles. The van der Waals surface area contributed by atoms with Crippen molar-refractivity contribution >= 4 is 17.6 Å². The zero-order valence-corrected chi connectivity index (χ0v) is 13.7. The Morgan fingerprint density at radius 3 is 2.43 bits per heavy atom. The first-order valence-electron chi connectivity index (χ1n) is 7.66. The Hall–Kier alpha value is -3.96. The van der Waals surface area contributed by atoms with E-state index in [4.69, 9.17) is 5.73 Å². The molecule has 0 saturated heterocycles. The van der Waals surface area contributed by atoms with Gasteiger partial charge < -0.3 is 5.73 Å². The summed E-state index contributed by atoms with van der Waals surface area (Å²) in [6.07, 6.45) is -2.32. The maximum Gasteiger partial charge on any atom is 0.416 e. The zero-order chi connectivity index (χ0) is 20.2. The van der Waals surface area contributed by atoms with E-state index in [1.807, 2.05) is 5.32 Å². The second-order valence-corrected chi connectivity index (χ2v) is 5.82. The molecule has 0 fully saturated rings. The van der Waals surface area contributed by atoms with Crippen molar-refractivity contribution in [3.05, 3.63) is 64.0 Å². The number of nitrogen functional groups attached to an aromatic ring is 1. The Labute approximate surface area is 153 Å². The average Bonchev–Trinajstić information content (AvgIpc) is 3.23. The molecule has 28 heavy (non-hydrogen) atoms. The average molecular weight is 390 g/mol. The fourth-order valence-corrected chi connectivity index (χ4v) is 2.93. The van der Waals surface area contributed by atoms with Crippen LogP contribution in [0.25, 0.3) is 11.4 Å². The number of hydrogen-bond donors (Lipinski definition) is 2. The maximum atomic E-state index is 13.2. The van der Waals surface area contributed by atoms with E-state index in [0.29, 0.717) is 6.07 Å². The molecular formula is C16H9F3N6O3. The van der Waals surface area contributed by atoms with Gasteiger partial charge in [0, 0.05) is 6.07 Å². The van der Waals surface area contributed by atoms with Crippen LogP contribution in [0.3, 0.4) is 0 Å².